The minimum Gasteiger partial charge on any atom is -0.378 e. The molecule has 0 N–H and O–H groups in total. The molecule has 0 saturated carbocycles. The highest BCUT2D eigenvalue weighted by Gasteiger charge is 2.28. The molecule has 1 fully saturated rings. The molecule has 1 saturated heterocycles. The third kappa shape index (κ3) is 3.15. The van der Waals surface area contributed by atoms with Crippen molar-refractivity contribution in [2.75, 3.05) is 37.7 Å². The van der Waals surface area contributed by atoms with E-state index in [4.69, 9.17) is 9.72 Å². The van der Waals surface area contributed by atoms with Crippen LogP contribution in [0.4, 0.5) is 5.95 Å². The maximum Gasteiger partial charge on any atom is 0.226 e. The summed E-state index contributed by atoms with van der Waals surface area (Å²) in [5.74, 6) is 1.21. The number of fused-ring (bicyclic) bond motifs is 1. The Morgan fingerprint density at radius 3 is 2.88 bits per heavy atom. The number of nitrogens with zero attached hydrogens (tertiary/aromatic N) is 4. The number of ether oxygens (including phenoxy) is 1. The summed E-state index contributed by atoms with van der Waals surface area (Å²) in [6.07, 6.45) is 9.99. The van der Waals surface area contributed by atoms with Crippen LogP contribution in [0.3, 0.4) is 0 Å². The molecule has 128 valence electrons. The number of anilines is 1. The Bertz CT molecular complexity index is 640. The van der Waals surface area contributed by atoms with E-state index in [2.05, 4.69) is 22.0 Å². The number of carbonyl (C=O) groups excluding carboxylic acids is 1. The van der Waals surface area contributed by atoms with E-state index in [1.165, 1.54) is 5.56 Å². The number of allylic oxidation sites excluding steroid dienone is 2. The van der Waals surface area contributed by atoms with Crippen molar-refractivity contribution in [1.82, 2.24) is 14.9 Å². The van der Waals surface area contributed by atoms with Crippen LogP contribution in [0.15, 0.2) is 18.3 Å². The minimum atomic E-state index is 0.150. The Kier molecular flexibility index (Phi) is 4.47. The van der Waals surface area contributed by atoms with Gasteiger partial charge in [-0.25, -0.2) is 9.97 Å². The topological polar surface area (TPSA) is 58.6 Å². The molecule has 6 heteroatoms. The van der Waals surface area contributed by atoms with Gasteiger partial charge in [-0.05, 0) is 31.2 Å². The lowest BCUT2D eigenvalue weighted by Gasteiger charge is -2.33. The summed E-state index contributed by atoms with van der Waals surface area (Å²) >= 11 is 0. The second-order valence-electron chi connectivity index (χ2n) is 6.73. The van der Waals surface area contributed by atoms with E-state index >= 15 is 0 Å². The molecule has 1 aromatic rings. The molecule has 6 nitrogen and oxygen atoms in total. The lowest BCUT2D eigenvalue weighted by molar-refractivity contribution is -0.136. The summed E-state index contributed by atoms with van der Waals surface area (Å²) < 4.78 is 5.39. The quantitative estimate of drug-likeness (QED) is 0.771. The van der Waals surface area contributed by atoms with E-state index in [1.807, 2.05) is 11.1 Å². The second kappa shape index (κ2) is 6.89. The van der Waals surface area contributed by atoms with Crippen molar-refractivity contribution in [2.24, 2.45) is 5.92 Å². The third-order valence-corrected chi connectivity index (χ3v) is 5.16. The van der Waals surface area contributed by atoms with Gasteiger partial charge in [-0.1, -0.05) is 12.2 Å². The molecule has 0 aromatic carbocycles. The first-order valence-corrected chi connectivity index (χ1v) is 8.92. The Hall–Kier alpha value is -1.95. The van der Waals surface area contributed by atoms with E-state index in [1.54, 1.807) is 0 Å². The van der Waals surface area contributed by atoms with Crippen LogP contribution in [0.5, 0.6) is 0 Å². The smallest absolute Gasteiger partial charge is 0.226 e. The van der Waals surface area contributed by atoms with Crippen LogP contribution in [-0.4, -0.2) is 53.6 Å². The van der Waals surface area contributed by atoms with Crippen LogP contribution in [0.25, 0.3) is 0 Å². The summed E-state index contributed by atoms with van der Waals surface area (Å²) in [7, 11) is 0. The zero-order chi connectivity index (χ0) is 16.4. The van der Waals surface area contributed by atoms with Gasteiger partial charge in [0.1, 0.15) is 0 Å². The second-order valence-corrected chi connectivity index (χ2v) is 6.73. The van der Waals surface area contributed by atoms with Gasteiger partial charge in [-0.3, -0.25) is 4.79 Å². The normalized spacial score (nSPS) is 23.9. The average Bonchev–Trinajstić information content (AvgIpc) is 2.68. The monoisotopic (exact) mass is 328 g/mol. The summed E-state index contributed by atoms with van der Waals surface area (Å²) in [6.45, 7) is 4.51. The van der Waals surface area contributed by atoms with Gasteiger partial charge >= 0.3 is 0 Å². The maximum atomic E-state index is 12.8. The van der Waals surface area contributed by atoms with Crippen LogP contribution in [0.1, 0.15) is 30.5 Å². The van der Waals surface area contributed by atoms with E-state index in [0.29, 0.717) is 6.54 Å². The lowest BCUT2D eigenvalue weighted by Crippen LogP contribution is -2.41. The van der Waals surface area contributed by atoms with Crippen molar-refractivity contribution in [2.45, 2.75) is 32.2 Å². The molecule has 4 rings (SSSR count). The summed E-state index contributed by atoms with van der Waals surface area (Å²) in [5.41, 5.74) is 2.19. The molecule has 1 unspecified atom stereocenters. The van der Waals surface area contributed by atoms with Gasteiger partial charge in [0.25, 0.3) is 0 Å². The number of rotatable bonds is 2. The molecule has 1 amide bonds. The van der Waals surface area contributed by atoms with E-state index < -0.39 is 0 Å². The Morgan fingerprint density at radius 2 is 2.08 bits per heavy atom. The zero-order valence-corrected chi connectivity index (χ0v) is 14.0. The van der Waals surface area contributed by atoms with Gasteiger partial charge in [0.2, 0.25) is 11.9 Å². The number of amides is 1. The molecular formula is C18H24N4O2. The molecule has 1 atom stereocenters. The first-order chi connectivity index (χ1) is 11.8. The Morgan fingerprint density at radius 1 is 1.21 bits per heavy atom. The summed E-state index contributed by atoms with van der Waals surface area (Å²) in [6, 6.07) is 0. The van der Waals surface area contributed by atoms with E-state index in [0.717, 1.165) is 70.2 Å². The molecular weight excluding hydrogens is 304 g/mol. The summed E-state index contributed by atoms with van der Waals surface area (Å²) in [4.78, 5) is 26.2. The molecule has 0 spiro atoms. The largest absolute Gasteiger partial charge is 0.378 e. The van der Waals surface area contributed by atoms with Crippen LogP contribution < -0.4 is 4.90 Å². The highest BCUT2D eigenvalue weighted by molar-refractivity contribution is 5.79. The van der Waals surface area contributed by atoms with Gasteiger partial charge < -0.3 is 14.5 Å². The highest BCUT2D eigenvalue weighted by Crippen LogP contribution is 2.25. The predicted octanol–water partition coefficient (Wildman–Crippen LogP) is 1.55. The summed E-state index contributed by atoms with van der Waals surface area (Å²) in [5, 5.41) is 0. The zero-order valence-electron chi connectivity index (χ0n) is 14.0. The molecule has 3 aliphatic rings. The lowest BCUT2D eigenvalue weighted by atomic mass is 9.92. The number of morpholine rings is 1. The minimum absolute atomic E-state index is 0.150. The Labute approximate surface area is 142 Å². The third-order valence-electron chi connectivity index (χ3n) is 5.16. The van der Waals surface area contributed by atoms with Gasteiger partial charge in [0.15, 0.2) is 0 Å². The number of carbonyl (C=O) groups is 1. The van der Waals surface area contributed by atoms with Crippen molar-refractivity contribution in [3.63, 3.8) is 0 Å². The molecule has 2 aliphatic heterocycles. The first kappa shape index (κ1) is 15.6. The molecule has 1 aromatic heterocycles. The van der Waals surface area contributed by atoms with Crippen molar-refractivity contribution in [1.29, 1.82) is 0 Å². The van der Waals surface area contributed by atoms with Gasteiger partial charge in [-0.15, -0.1) is 0 Å². The molecule has 0 radical (unpaired) electrons. The van der Waals surface area contributed by atoms with Crippen molar-refractivity contribution in [3.05, 3.63) is 29.6 Å². The van der Waals surface area contributed by atoms with Crippen LogP contribution >= 0.6 is 0 Å². The Balaban J connectivity index is 1.48. The van der Waals surface area contributed by atoms with Crippen LogP contribution in [-0.2, 0) is 22.5 Å². The van der Waals surface area contributed by atoms with Crippen molar-refractivity contribution in [3.8, 4) is 0 Å². The first-order valence-electron chi connectivity index (χ1n) is 8.92. The number of hydrogen-bond donors (Lipinski definition) is 0. The van der Waals surface area contributed by atoms with Gasteiger partial charge in [-0.2, -0.15) is 0 Å². The number of aromatic nitrogens is 2. The number of hydrogen-bond acceptors (Lipinski definition) is 5. The fraction of sp³-hybridized carbons (Fsp3) is 0.611. The standard InChI is InChI=1S/C18H24N4O2/c23-17(14-4-2-1-3-5-14)22-7-6-15-12-19-18(20-16(15)13-22)21-8-10-24-11-9-21/h1-2,12,14H,3-11,13H2. The van der Waals surface area contributed by atoms with Crippen LogP contribution in [0, 0.1) is 5.92 Å². The maximum absolute atomic E-state index is 12.8. The SMILES string of the molecule is O=C(C1CC=CCC1)N1CCc2cnc(N3CCOCC3)nc2C1. The highest BCUT2D eigenvalue weighted by atomic mass is 16.5. The predicted molar refractivity (Wildman–Crippen MR) is 90.7 cm³/mol. The fourth-order valence-corrected chi connectivity index (χ4v) is 3.67. The average molecular weight is 328 g/mol. The fourth-order valence-electron chi connectivity index (χ4n) is 3.67. The molecule has 3 heterocycles. The molecule has 24 heavy (non-hydrogen) atoms. The van der Waals surface area contributed by atoms with Gasteiger partial charge in [0.05, 0.1) is 25.5 Å². The molecule has 0 bridgehead atoms. The molecule has 1 aliphatic carbocycles. The van der Waals surface area contributed by atoms with Crippen molar-refractivity contribution >= 4 is 11.9 Å². The van der Waals surface area contributed by atoms with E-state index in [9.17, 15) is 4.79 Å². The van der Waals surface area contributed by atoms with Crippen molar-refractivity contribution < 1.29 is 9.53 Å². The van der Waals surface area contributed by atoms with E-state index in [-0.39, 0.29) is 11.8 Å². The van der Waals surface area contributed by atoms with Crippen LogP contribution in [0.2, 0.25) is 0 Å². The van der Waals surface area contributed by atoms with Gasteiger partial charge in [0, 0.05) is 31.7 Å².